The molecule has 4 heteroatoms. The van der Waals surface area contributed by atoms with Gasteiger partial charge in [-0.05, 0) is 25.1 Å². The van der Waals surface area contributed by atoms with Crippen LogP contribution in [0.1, 0.15) is 6.42 Å². The lowest BCUT2D eigenvalue weighted by molar-refractivity contribution is -0.119. The summed E-state index contributed by atoms with van der Waals surface area (Å²) in [5.74, 6) is 0.0271. The first kappa shape index (κ1) is 8.19. The summed E-state index contributed by atoms with van der Waals surface area (Å²) >= 11 is 0. The molecular weight excluding hydrogens is 166 g/mol. The monoisotopic (exact) mass is 177 g/mol. The molecule has 1 atom stereocenters. The molecule has 68 valence electrons. The molecule has 13 heavy (non-hydrogen) atoms. The molecule has 0 saturated carbocycles. The van der Waals surface area contributed by atoms with Crippen LogP contribution in [-0.4, -0.2) is 23.5 Å². The van der Waals surface area contributed by atoms with Gasteiger partial charge in [0.2, 0.25) is 5.91 Å². The Bertz CT molecular complexity index is 295. The Morgan fingerprint density at radius 2 is 2.54 bits per heavy atom. The average molecular weight is 177 g/mol. The number of carbonyl (C=O) groups is 1. The third kappa shape index (κ3) is 1.84. The molecule has 1 fully saturated rings. The quantitative estimate of drug-likeness (QED) is 0.686. The maximum atomic E-state index is 11.4. The minimum Gasteiger partial charge on any atom is -0.323 e. The van der Waals surface area contributed by atoms with Crippen LogP contribution in [0.3, 0.4) is 0 Å². The van der Waals surface area contributed by atoms with Crippen LogP contribution in [0.25, 0.3) is 0 Å². The molecule has 2 N–H and O–H groups in total. The standard InChI is InChI=1S/C9H11N3O/c13-9(8-3-5-11-8)12-7-2-1-4-10-6-7/h1-2,4,6,8,11H,3,5H2,(H,12,13)/t8-/m1/s1. The third-order valence-electron chi connectivity index (χ3n) is 2.07. The van der Waals surface area contributed by atoms with Crippen molar-refractivity contribution in [2.45, 2.75) is 12.5 Å². The van der Waals surface area contributed by atoms with E-state index in [1.165, 1.54) is 0 Å². The average Bonchev–Trinajstić information content (AvgIpc) is 2.02. The van der Waals surface area contributed by atoms with Crippen molar-refractivity contribution < 1.29 is 4.79 Å². The van der Waals surface area contributed by atoms with Crippen molar-refractivity contribution in [3.05, 3.63) is 24.5 Å². The number of hydrogen-bond acceptors (Lipinski definition) is 3. The fourth-order valence-electron chi connectivity index (χ4n) is 1.18. The second-order valence-corrected chi connectivity index (χ2v) is 3.03. The minimum absolute atomic E-state index is 0.0137. The van der Waals surface area contributed by atoms with E-state index in [-0.39, 0.29) is 11.9 Å². The number of nitrogens with zero attached hydrogens (tertiary/aromatic N) is 1. The molecule has 1 amide bonds. The van der Waals surface area contributed by atoms with Crippen LogP contribution in [-0.2, 0) is 4.79 Å². The summed E-state index contributed by atoms with van der Waals surface area (Å²) in [6, 6.07) is 3.60. The minimum atomic E-state index is -0.0137. The van der Waals surface area contributed by atoms with E-state index >= 15 is 0 Å². The van der Waals surface area contributed by atoms with Crippen LogP contribution in [0.5, 0.6) is 0 Å². The molecule has 4 nitrogen and oxygen atoms in total. The van der Waals surface area contributed by atoms with Crippen LogP contribution in [0.15, 0.2) is 24.5 Å². The van der Waals surface area contributed by atoms with Gasteiger partial charge in [0.25, 0.3) is 0 Å². The second-order valence-electron chi connectivity index (χ2n) is 3.03. The zero-order valence-electron chi connectivity index (χ0n) is 7.16. The van der Waals surface area contributed by atoms with Gasteiger partial charge in [-0.2, -0.15) is 0 Å². The largest absolute Gasteiger partial charge is 0.323 e. The Kier molecular flexibility index (Phi) is 2.23. The van der Waals surface area contributed by atoms with Crippen LogP contribution in [0.4, 0.5) is 5.69 Å². The molecule has 1 aromatic heterocycles. The number of hydrogen-bond donors (Lipinski definition) is 2. The number of carbonyl (C=O) groups excluding carboxylic acids is 1. The van der Waals surface area contributed by atoms with Gasteiger partial charge >= 0.3 is 0 Å². The predicted octanol–water partition coefficient (Wildman–Crippen LogP) is 0.382. The zero-order valence-corrected chi connectivity index (χ0v) is 7.16. The lowest BCUT2D eigenvalue weighted by Gasteiger charge is -2.26. The molecule has 1 aromatic rings. The maximum absolute atomic E-state index is 11.4. The van der Waals surface area contributed by atoms with E-state index in [9.17, 15) is 4.79 Å². The number of aromatic nitrogens is 1. The smallest absolute Gasteiger partial charge is 0.241 e. The van der Waals surface area contributed by atoms with Gasteiger partial charge in [0, 0.05) is 6.20 Å². The van der Waals surface area contributed by atoms with Crippen molar-refractivity contribution in [2.75, 3.05) is 11.9 Å². The molecule has 2 rings (SSSR count). The second kappa shape index (κ2) is 3.53. The summed E-state index contributed by atoms with van der Waals surface area (Å²) in [7, 11) is 0. The van der Waals surface area contributed by atoms with Gasteiger partial charge < -0.3 is 10.6 Å². The van der Waals surface area contributed by atoms with E-state index in [1.807, 2.05) is 6.07 Å². The molecule has 0 aliphatic carbocycles. The molecule has 0 bridgehead atoms. The van der Waals surface area contributed by atoms with Crippen molar-refractivity contribution in [1.29, 1.82) is 0 Å². The highest BCUT2D eigenvalue weighted by molar-refractivity contribution is 5.95. The Labute approximate surface area is 76.4 Å². The Morgan fingerprint density at radius 3 is 3.08 bits per heavy atom. The number of anilines is 1. The topological polar surface area (TPSA) is 54.0 Å². The number of amides is 1. The molecule has 1 aliphatic rings. The fourth-order valence-corrected chi connectivity index (χ4v) is 1.18. The van der Waals surface area contributed by atoms with Crippen LogP contribution >= 0.6 is 0 Å². The normalized spacial score (nSPS) is 20.5. The highest BCUT2D eigenvalue weighted by atomic mass is 16.2. The maximum Gasteiger partial charge on any atom is 0.241 e. The first-order valence-corrected chi connectivity index (χ1v) is 4.30. The summed E-state index contributed by atoms with van der Waals surface area (Å²) in [4.78, 5) is 15.3. The number of nitrogens with one attached hydrogen (secondary N) is 2. The van der Waals surface area contributed by atoms with Crippen LogP contribution in [0, 0.1) is 0 Å². The molecule has 1 aliphatic heterocycles. The molecular formula is C9H11N3O. The summed E-state index contributed by atoms with van der Waals surface area (Å²) < 4.78 is 0. The molecule has 0 radical (unpaired) electrons. The van der Waals surface area contributed by atoms with E-state index in [2.05, 4.69) is 15.6 Å². The highest BCUT2D eigenvalue weighted by Crippen LogP contribution is 2.07. The van der Waals surface area contributed by atoms with E-state index in [1.54, 1.807) is 18.5 Å². The van der Waals surface area contributed by atoms with Crippen molar-refractivity contribution in [3.8, 4) is 0 Å². The third-order valence-corrected chi connectivity index (χ3v) is 2.07. The van der Waals surface area contributed by atoms with Gasteiger partial charge in [0.15, 0.2) is 0 Å². The Hall–Kier alpha value is -1.42. The molecule has 0 spiro atoms. The van der Waals surface area contributed by atoms with Crippen LogP contribution in [0.2, 0.25) is 0 Å². The summed E-state index contributed by atoms with van der Waals surface area (Å²) in [5, 5.41) is 5.81. The SMILES string of the molecule is O=C(Nc1cccnc1)[C@H]1CCN1. The van der Waals surface area contributed by atoms with E-state index in [0.29, 0.717) is 0 Å². The van der Waals surface area contributed by atoms with E-state index in [4.69, 9.17) is 0 Å². The van der Waals surface area contributed by atoms with E-state index in [0.717, 1.165) is 18.7 Å². The Morgan fingerprint density at radius 1 is 1.69 bits per heavy atom. The molecule has 0 unspecified atom stereocenters. The van der Waals surface area contributed by atoms with Gasteiger partial charge in [0.1, 0.15) is 0 Å². The first-order valence-electron chi connectivity index (χ1n) is 4.30. The zero-order chi connectivity index (χ0) is 9.10. The Balaban J connectivity index is 1.94. The summed E-state index contributed by atoms with van der Waals surface area (Å²) in [6.07, 6.45) is 4.24. The van der Waals surface area contributed by atoms with Crippen LogP contribution < -0.4 is 10.6 Å². The number of rotatable bonds is 2. The molecule has 1 saturated heterocycles. The lowest BCUT2D eigenvalue weighted by Crippen LogP contribution is -2.50. The summed E-state index contributed by atoms with van der Waals surface area (Å²) in [6.45, 7) is 0.936. The fraction of sp³-hybridized carbons (Fsp3) is 0.333. The summed E-state index contributed by atoms with van der Waals surface area (Å²) in [5.41, 5.74) is 0.751. The van der Waals surface area contributed by atoms with Crippen molar-refractivity contribution >= 4 is 11.6 Å². The first-order chi connectivity index (χ1) is 6.36. The molecule has 2 heterocycles. The number of pyridine rings is 1. The van der Waals surface area contributed by atoms with Gasteiger partial charge in [-0.3, -0.25) is 9.78 Å². The van der Waals surface area contributed by atoms with Crippen molar-refractivity contribution in [1.82, 2.24) is 10.3 Å². The van der Waals surface area contributed by atoms with Gasteiger partial charge in [-0.1, -0.05) is 0 Å². The van der Waals surface area contributed by atoms with Crippen molar-refractivity contribution in [2.24, 2.45) is 0 Å². The van der Waals surface area contributed by atoms with Crippen molar-refractivity contribution in [3.63, 3.8) is 0 Å². The van der Waals surface area contributed by atoms with Gasteiger partial charge in [0.05, 0.1) is 17.9 Å². The lowest BCUT2D eigenvalue weighted by atomic mass is 10.1. The molecule has 0 aromatic carbocycles. The van der Waals surface area contributed by atoms with Gasteiger partial charge in [-0.25, -0.2) is 0 Å². The predicted molar refractivity (Wildman–Crippen MR) is 49.3 cm³/mol. The van der Waals surface area contributed by atoms with Gasteiger partial charge in [-0.15, -0.1) is 0 Å². The van der Waals surface area contributed by atoms with E-state index < -0.39 is 0 Å². The highest BCUT2D eigenvalue weighted by Gasteiger charge is 2.24.